The van der Waals surface area contributed by atoms with Crippen LogP contribution in [0.25, 0.3) is 22.0 Å². The fourth-order valence-electron chi connectivity index (χ4n) is 5.44. The van der Waals surface area contributed by atoms with Crippen LogP contribution in [0.2, 0.25) is 10.0 Å². The van der Waals surface area contributed by atoms with Gasteiger partial charge >= 0.3 is 0 Å². The van der Waals surface area contributed by atoms with Crippen LogP contribution in [0.3, 0.4) is 0 Å². The molecule has 1 aliphatic rings. The number of rotatable bonds is 6. The van der Waals surface area contributed by atoms with Crippen LogP contribution < -0.4 is 14.8 Å². The van der Waals surface area contributed by atoms with E-state index in [0.717, 1.165) is 33.3 Å². The smallest absolute Gasteiger partial charge is 0.274 e. The molecular weight excluding hydrogens is 583 g/mol. The molecule has 1 atom stereocenters. The molecule has 0 spiro atoms. The number of nitrogens with one attached hydrogen (secondary N) is 1. The van der Waals surface area contributed by atoms with Crippen LogP contribution in [-0.2, 0) is 7.05 Å². The number of imidazole rings is 1. The Bertz CT molecular complexity index is 2010. The molecule has 2 aromatic heterocycles. The lowest BCUT2D eigenvalue weighted by atomic mass is 9.87. The number of amides is 1. The molecular formula is C34H24Cl2N4O3. The van der Waals surface area contributed by atoms with E-state index in [1.807, 2.05) is 84.5 Å². The normalized spacial score (nSPS) is 12.8. The number of pyridine rings is 1. The van der Waals surface area contributed by atoms with Crippen molar-refractivity contribution < 1.29 is 14.3 Å². The van der Waals surface area contributed by atoms with Gasteiger partial charge in [-0.2, -0.15) is 0 Å². The number of carbonyl (C=O) groups excluding carboxylic acids is 1. The highest BCUT2D eigenvalue weighted by molar-refractivity contribution is 6.31. The molecule has 0 saturated carbocycles. The van der Waals surface area contributed by atoms with E-state index < -0.39 is 0 Å². The fourth-order valence-corrected chi connectivity index (χ4v) is 5.75. The lowest BCUT2D eigenvalue weighted by Gasteiger charge is -2.20. The van der Waals surface area contributed by atoms with Gasteiger partial charge in [0.1, 0.15) is 5.69 Å². The lowest BCUT2D eigenvalue weighted by molar-refractivity contribution is 0.102. The molecule has 1 aliphatic heterocycles. The number of fused-ring (bicyclic) bond motifs is 2. The van der Waals surface area contributed by atoms with Crippen molar-refractivity contribution in [1.29, 1.82) is 0 Å². The maximum Gasteiger partial charge on any atom is 0.274 e. The highest BCUT2D eigenvalue weighted by atomic mass is 35.5. The Morgan fingerprint density at radius 2 is 1.70 bits per heavy atom. The topological polar surface area (TPSA) is 78.3 Å². The second kappa shape index (κ2) is 11.1. The van der Waals surface area contributed by atoms with E-state index in [4.69, 9.17) is 37.7 Å². The number of benzene rings is 4. The number of aromatic nitrogens is 3. The van der Waals surface area contributed by atoms with Gasteiger partial charge in [0.15, 0.2) is 11.5 Å². The summed E-state index contributed by atoms with van der Waals surface area (Å²) in [6.45, 7) is 0.156. The van der Waals surface area contributed by atoms with E-state index in [2.05, 4.69) is 16.4 Å². The second-order valence-corrected chi connectivity index (χ2v) is 11.2. The zero-order valence-electron chi connectivity index (χ0n) is 22.9. The summed E-state index contributed by atoms with van der Waals surface area (Å²) in [5, 5.41) is 5.10. The summed E-state index contributed by atoms with van der Waals surface area (Å²) in [6, 6.07) is 28.6. The molecule has 6 aromatic rings. The summed E-state index contributed by atoms with van der Waals surface area (Å²) in [6.07, 6.45) is 3.67. The number of hydrogen-bond acceptors (Lipinski definition) is 5. The third kappa shape index (κ3) is 5.29. The minimum absolute atomic E-state index is 0.115. The molecule has 3 heterocycles. The Morgan fingerprint density at radius 1 is 0.884 bits per heavy atom. The average molecular weight is 607 g/mol. The number of aryl methyl sites for hydroxylation is 1. The van der Waals surface area contributed by atoms with Gasteiger partial charge in [-0.05, 0) is 76.9 Å². The van der Waals surface area contributed by atoms with Crippen LogP contribution in [-0.4, -0.2) is 27.2 Å². The number of hydrogen-bond donors (Lipinski definition) is 1. The number of anilines is 1. The van der Waals surface area contributed by atoms with Gasteiger partial charge in [0.2, 0.25) is 6.79 Å². The molecule has 1 amide bonds. The Kier molecular flexibility index (Phi) is 6.97. The zero-order chi connectivity index (χ0) is 29.5. The Hall–Kier alpha value is -4.85. The van der Waals surface area contributed by atoms with E-state index >= 15 is 0 Å². The Morgan fingerprint density at radius 3 is 2.49 bits per heavy atom. The van der Waals surface area contributed by atoms with Gasteiger partial charge in [0.25, 0.3) is 5.91 Å². The molecule has 0 bridgehead atoms. The van der Waals surface area contributed by atoms with Gasteiger partial charge in [-0.15, -0.1) is 0 Å². The first-order valence-corrected chi connectivity index (χ1v) is 14.3. The zero-order valence-corrected chi connectivity index (χ0v) is 24.4. The summed E-state index contributed by atoms with van der Waals surface area (Å²) in [5.74, 6) is 0.765. The maximum absolute atomic E-state index is 13.5. The minimum atomic E-state index is -0.345. The first kappa shape index (κ1) is 27.0. The quantitative estimate of drug-likeness (QED) is 0.207. The molecule has 0 fully saturated rings. The number of carbonyl (C=O) groups is 1. The van der Waals surface area contributed by atoms with Gasteiger partial charge in [0.05, 0.1) is 17.8 Å². The van der Waals surface area contributed by atoms with Crippen LogP contribution in [0.5, 0.6) is 11.5 Å². The van der Waals surface area contributed by atoms with Crippen molar-refractivity contribution in [3.05, 3.63) is 136 Å². The molecule has 0 aliphatic carbocycles. The third-order valence-electron chi connectivity index (χ3n) is 7.52. The molecule has 212 valence electrons. The molecule has 4 aromatic carbocycles. The summed E-state index contributed by atoms with van der Waals surface area (Å²) in [4.78, 5) is 22.7. The van der Waals surface area contributed by atoms with Crippen LogP contribution >= 0.6 is 23.2 Å². The summed E-state index contributed by atoms with van der Waals surface area (Å²) < 4.78 is 12.9. The fraction of sp³-hybridized carbons (Fsp3) is 0.0882. The van der Waals surface area contributed by atoms with Crippen LogP contribution in [0.15, 0.2) is 104 Å². The van der Waals surface area contributed by atoms with Crippen LogP contribution in [0.1, 0.15) is 33.2 Å². The molecule has 7 rings (SSSR count). The van der Waals surface area contributed by atoms with Crippen molar-refractivity contribution in [2.75, 3.05) is 12.1 Å². The molecule has 7 nitrogen and oxygen atoms in total. The molecule has 1 unspecified atom stereocenters. The SMILES string of the molecule is Cn1cncc1C(c1ccc(Cl)cc1)c1ccc2nc(C(=O)Nc3ccc4c(c3)OCO4)cc(-c3cccc(Cl)c3)c2c1. The molecule has 0 radical (unpaired) electrons. The Labute approximate surface area is 257 Å². The summed E-state index contributed by atoms with van der Waals surface area (Å²) in [7, 11) is 1.98. The van der Waals surface area contributed by atoms with Crippen molar-refractivity contribution in [3.8, 4) is 22.6 Å². The standard InChI is InChI=1S/C34H24Cl2N4O3/c1-40-18-37-17-30(40)33(20-5-8-23(35)9-6-20)22-7-11-28-27(14-22)26(21-3-2-4-24(36)13-21)16-29(39-28)34(41)38-25-10-12-31-32(15-25)43-19-42-31/h2-18,33H,19H2,1H3,(H,38,41). The van der Waals surface area contributed by atoms with Crippen LogP contribution in [0.4, 0.5) is 5.69 Å². The van der Waals surface area contributed by atoms with Gasteiger partial charge in [0, 0.05) is 46.1 Å². The largest absolute Gasteiger partial charge is 0.454 e. The van der Waals surface area contributed by atoms with E-state index in [9.17, 15) is 4.79 Å². The molecule has 9 heteroatoms. The van der Waals surface area contributed by atoms with Crippen molar-refractivity contribution in [1.82, 2.24) is 14.5 Å². The van der Waals surface area contributed by atoms with E-state index in [0.29, 0.717) is 32.7 Å². The van der Waals surface area contributed by atoms with E-state index in [1.165, 1.54) is 0 Å². The van der Waals surface area contributed by atoms with E-state index in [1.54, 1.807) is 24.5 Å². The average Bonchev–Trinajstić information content (AvgIpc) is 3.66. The Balaban J connectivity index is 1.35. The van der Waals surface area contributed by atoms with Gasteiger partial charge in [-0.1, -0.05) is 53.5 Å². The van der Waals surface area contributed by atoms with Crippen molar-refractivity contribution in [3.63, 3.8) is 0 Å². The van der Waals surface area contributed by atoms with Gasteiger partial charge in [-0.25, -0.2) is 9.97 Å². The highest BCUT2D eigenvalue weighted by Gasteiger charge is 2.22. The lowest BCUT2D eigenvalue weighted by Crippen LogP contribution is -2.14. The predicted molar refractivity (Wildman–Crippen MR) is 168 cm³/mol. The summed E-state index contributed by atoms with van der Waals surface area (Å²) in [5.41, 5.74) is 6.38. The first-order valence-electron chi connectivity index (χ1n) is 13.6. The molecule has 1 N–H and O–H groups in total. The van der Waals surface area contributed by atoms with Crippen molar-refractivity contribution >= 4 is 45.7 Å². The number of halogens is 2. The highest BCUT2D eigenvalue weighted by Crippen LogP contribution is 2.38. The monoisotopic (exact) mass is 606 g/mol. The maximum atomic E-state index is 13.5. The number of nitrogens with zero attached hydrogens (tertiary/aromatic N) is 3. The number of ether oxygens (including phenoxy) is 2. The van der Waals surface area contributed by atoms with Crippen molar-refractivity contribution in [2.45, 2.75) is 5.92 Å². The van der Waals surface area contributed by atoms with Crippen LogP contribution in [0, 0.1) is 0 Å². The van der Waals surface area contributed by atoms with Gasteiger partial charge < -0.3 is 19.4 Å². The van der Waals surface area contributed by atoms with Crippen molar-refractivity contribution in [2.24, 2.45) is 7.05 Å². The third-order valence-corrected chi connectivity index (χ3v) is 8.00. The molecule has 0 saturated heterocycles. The second-order valence-electron chi connectivity index (χ2n) is 10.3. The minimum Gasteiger partial charge on any atom is -0.454 e. The predicted octanol–water partition coefficient (Wildman–Crippen LogP) is 8.10. The first-order chi connectivity index (χ1) is 20.9. The molecule has 43 heavy (non-hydrogen) atoms. The summed E-state index contributed by atoms with van der Waals surface area (Å²) >= 11 is 12.7. The van der Waals surface area contributed by atoms with E-state index in [-0.39, 0.29) is 24.3 Å². The van der Waals surface area contributed by atoms with Gasteiger partial charge in [-0.3, -0.25) is 4.79 Å².